The van der Waals surface area contributed by atoms with Gasteiger partial charge in [-0.15, -0.1) is 0 Å². The number of aryl methyl sites for hydroxylation is 1. The molecule has 1 aromatic carbocycles. The van der Waals surface area contributed by atoms with Gasteiger partial charge in [-0.1, -0.05) is 12.1 Å². The molecule has 3 aromatic rings. The average Bonchev–Trinajstić information content (AvgIpc) is 2.72. The first-order valence-electron chi connectivity index (χ1n) is 8.52. The Morgan fingerprint density at radius 2 is 1.81 bits per heavy atom. The molecule has 0 saturated carbocycles. The maximum Gasteiger partial charge on any atom is 0.254 e. The minimum absolute atomic E-state index is 0.0827. The molecule has 27 heavy (non-hydrogen) atoms. The molecular formula is C20H21N5O2. The molecule has 138 valence electrons. The van der Waals surface area contributed by atoms with E-state index in [9.17, 15) is 4.79 Å². The fourth-order valence-corrected chi connectivity index (χ4v) is 2.84. The Balaban J connectivity index is 1.84. The summed E-state index contributed by atoms with van der Waals surface area (Å²) in [6.07, 6.45) is 4.62. The van der Waals surface area contributed by atoms with Gasteiger partial charge in [-0.25, -0.2) is 19.9 Å². The van der Waals surface area contributed by atoms with Crippen LogP contribution < -0.4 is 4.74 Å². The van der Waals surface area contributed by atoms with E-state index in [4.69, 9.17) is 4.74 Å². The summed E-state index contributed by atoms with van der Waals surface area (Å²) in [6.45, 7) is 3.83. The van der Waals surface area contributed by atoms with Crippen LogP contribution in [0.15, 0.2) is 49.2 Å². The van der Waals surface area contributed by atoms with Crippen molar-refractivity contribution >= 4 is 5.91 Å². The lowest BCUT2D eigenvalue weighted by atomic mass is 10.0. The minimum Gasteiger partial charge on any atom is -0.480 e. The molecule has 0 N–H and O–H groups in total. The van der Waals surface area contributed by atoms with Crippen molar-refractivity contribution in [1.29, 1.82) is 0 Å². The summed E-state index contributed by atoms with van der Waals surface area (Å²) >= 11 is 0. The van der Waals surface area contributed by atoms with Gasteiger partial charge in [0.05, 0.1) is 30.1 Å². The Morgan fingerprint density at radius 1 is 1.07 bits per heavy atom. The van der Waals surface area contributed by atoms with Crippen molar-refractivity contribution in [2.75, 3.05) is 14.2 Å². The summed E-state index contributed by atoms with van der Waals surface area (Å²) in [5, 5.41) is 0. The maximum absolute atomic E-state index is 12.8. The summed E-state index contributed by atoms with van der Waals surface area (Å²) < 4.78 is 5.34. The van der Waals surface area contributed by atoms with Crippen LogP contribution in [0.2, 0.25) is 0 Å². The summed E-state index contributed by atoms with van der Waals surface area (Å²) in [6, 6.07) is 9.00. The molecule has 2 heterocycles. The molecule has 7 nitrogen and oxygen atoms in total. The summed E-state index contributed by atoms with van der Waals surface area (Å²) in [5.74, 6) is 0.428. The molecule has 0 saturated heterocycles. The zero-order valence-corrected chi connectivity index (χ0v) is 15.7. The highest BCUT2D eigenvalue weighted by atomic mass is 16.5. The quantitative estimate of drug-likeness (QED) is 0.693. The Morgan fingerprint density at radius 3 is 2.44 bits per heavy atom. The Labute approximate surface area is 158 Å². The number of carbonyl (C=O) groups excluding carboxylic acids is 1. The highest BCUT2D eigenvalue weighted by molar-refractivity contribution is 5.95. The van der Waals surface area contributed by atoms with Crippen LogP contribution in [-0.4, -0.2) is 44.9 Å². The number of carbonyl (C=O) groups is 1. The number of aromatic nitrogens is 4. The fourth-order valence-electron chi connectivity index (χ4n) is 2.84. The van der Waals surface area contributed by atoms with E-state index in [0.29, 0.717) is 11.4 Å². The van der Waals surface area contributed by atoms with E-state index in [-0.39, 0.29) is 11.9 Å². The van der Waals surface area contributed by atoms with Crippen molar-refractivity contribution in [3.63, 3.8) is 0 Å². The number of amides is 1. The van der Waals surface area contributed by atoms with Gasteiger partial charge >= 0.3 is 0 Å². The molecule has 3 rings (SSSR count). The van der Waals surface area contributed by atoms with Crippen molar-refractivity contribution in [1.82, 2.24) is 24.8 Å². The van der Waals surface area contributed by atoms with Gasteiger partial charge in [-0.05, 0) is 37.6 Å². The molecule has 0 spiro atoms. The summed E-state index contributed by atoms with van der Waals surface area (Å²) in [7, 11) is 3.34. The second kappa shape index (κ2) is 7.90. The maximum atomic E-state index is 12.8. The zero-order valence-electron chi connectivity index (χ0n) is 15.7. The van der Waals surface area contributed by atoms with Gasteiger partial charge in [-0.3, -0.25) is 4.79 Å². The number of benzene rings is 1. The molecule has 0 fully saturated rings. The molecule has 7 heteroatoms. The molecule has 1 amide bonds. The first kappa shape index (κ1) is 18.4. The van der Waals surface area contributed by atoms with Gasteiger partial charge in [0.15, 0.2) is 0 Å². The Kier molecular flexibility index (Phi) is 5.40. The van der Waals surface area contributed by atoms with Crippen molar-refractivity contribution < 1.29 is 9.53 Å². The van der Waals surface area contributed by atoms with Crippen LogP contribution in [0, 0.1) is 6.92 Å². The highest BCUT2D eigenvalue weighted by Crippen LogP contribution is 2.30. The second-order valence-electron chi connectivity index (χ2n) is 6.15. The largest absolute Gasteiger partial charge is 0.480 e. The van der Waals surface area contributed by atoms with Crippen LogP contribution in [0.4, 0.5) is 0 Å². The van der Waals surface area contributed by atoms with Gasteiger partial charge in [-0.2, -0.15) is 0 Å². The second-order valence-corrected chi connectivity index (χ2v) is 6.15. The molecule has 2 aromatic heterocycles. The third-order valence-corrected chi connectivity index (χ3v) is 4.55. The van der Waals surface area contributed by atoms with Crippen LogP contribution in [0.1, 0.15) is 34.7 Å². The van der Waals surface area contributed by atoms with Crippen LogP contribution in [0.3, 0.4) is 0 Å². The van der Waals surface area contributed by atoms with Crippen molar-refractivity contribution in [2.45, 2.75) is 19.9 Å². The van der Waals surface area contributed by atoms with E-state index >= 15 is 0 Å². The fraction of sp³-hybridized carbons (Fsp3) is 0.250. The molecular weight excluding hydrogens is 342 g/mol. The average molecular weight is 363 g/mol. The van der Waals surface area contributed by atoms with Crippen molar-refractivity contribution in [3.8, 4) is 17.0 Å². The first-order chi connectivity index (χ1) is 13.0. The van der Waals surface area contributed by atoms with E-state index in [2.05, 4.69) is 19.9 Å². The number of nitrogens with zero attached hydrogens (tertiary/aromatic N) is 5. The lowest BCUT2D eigenvalue weighted by molar-refractivity contribution is 0.0739. The van der Waals surface area contributed by atoms with Gasteiger partial charge in [0.2, 0.25) is 5.88 Å². The molecule has 1 atom stereocenters. The van der Waals surface area contributed by atoms with E-state index in [1.54, 1.807) is 37.4 Å². The van der Waals surface area contributed by atoms with E-state index in [0.717, 1.165) is 22.5 Å². The molecule has 0 bridgehead atoms. The van der Waals surface area contributed by atoms with Gasteiger partial charge in [0.1, 0.15) is 12.7 Å². The van der Waals surface area contributed by atoms with E-state index in [1.165, 1.54) is 12.7 Å². The number of rotatable bonds is 5. The van der Waals surface area contributed by atoms with Crippen LogP contribution >= 0.6 is 0 Å². The molecule has 0 aliphatic carbocycles. The lowest BCUT2D eigenvalue weighted by Crippen LogP contribution is -2.30. The Hall–Kier alpha value is -3.35. The van der Waals surface area contributed by atoms with E-state index < -0.39 is 0 Å². The predicted octanol–water partition coefficient (Wildman–Crippen LogP) is 3.08. The first-order valence-corrected chi connectivity index (χ1v) is 8.52. The number of hydrogen-bond acceptors (Lipinski definition) is 6. The zero-order chi connectivity index (χ0) is 19.4. The summed E-state index contributed by atoms with van der Waals surface area (Å²) in [4.78, 5) is 31.0. The monoisotopic (exact) mass is 363 g/mol. The lowest BCUT2D eigenvalue weighted by Gasteiger charge is -2.24. The summed E-state index contributed by atoms with van der Waals surface area (Å²) in [5.41, 5.74) is 3.92. The molecule has 0 aliphatic rings. The van der Waals surface area contributed by atoms with Gasteiger partial charge < -0.3 is 9.64 Å². The Bertz CT molecular complexity index is 929. The smallest absolute Gasteiger partial charge is 0.254 e. The normalized spacial score (nSPS) is 11.7. The predicted molar refractivity (Wildman–Crippen MR) is 101 cm³/mol. The third-order valence-electron chi connectivity index (χ3n) is 4.55. The number of hydrogen-bond donors (Lipinski definition) is 0. The number of ether oxygens (including phenoxy) is 1. The van der Waals surface area contributed by atoms with Gasteiger partial charge in [0, 0.05) is 18.8 Å². The standard InChI is InChI=1S/C20H21N5O2/c1-13-18(19(27-4)24-12-22-13)15-5-7-16(8-6-15)20(26)25(3)14(2)17-9-10-21-11-23-17/h5-12,14H,1-4H3/t14-/m0/s1. The molecule has 0 aliphatic heterocycles. The van der Waals surface area contributed by atoms with Crippen LogP contribution in [0.5, 0.6) is 5.88 Å². The van der Waals surface area contributed by atoms with E-state index in [1.807, 2.05) is 32.0 Å². The van der Waals surface area contributed by atoms with Crippen LogP contribution in [-0.2, 0) is 0 Å². The van der Waals surface area contributed by atoms with Crippen molar-refractivity contribution in [3.05, 3.63) is 66.1 Å². The number of methoxy groups -OCH3 is 1. The SMILES string of the molecule is COc1ncnc(C)c1-c1ccc(C(=O)N(C)[C@@H](C)c2ccncn2)cc1. The highest BCUT2D eigenvalue weighted by Gasteiger charge is 2.20. The minimum atomic E-state index is -0.162. The van der Waals surface area contributed by atoms with Crippen LogP contribution in [0.25, 0.3) is 11.1 Å². The molecule has 0 unspecified atom stereocenters. The topological polar surface area (TPSA) is 81.1 Å². The van der Waals surface area contributed by atoms with Crippen molar-refractivity contribution in [2.24, 2.45) is 0 Å². The van der Waals surface area contributed by atoms with Gasteiger partial charge in [0.25, 0.3) is 5.91 Å². The third kappa shape index (κ3) is 3.76. The molecule has 0 radical (unpaired) electrons.